The molecule has 0 unspecified atom stereocenters. The van der Waals surface area contributed by atoms with E-state index in [2.05, 4.69) is 0 Å². The largest absolute Gasteiger partial charge is 0.497 e. The minimum atomic E-state index is -0.0130. The lowest BCUT2D eigenvalue weighted by Crippen LogP contribution is -2.52. The Balaban J connectivity index is 1.83. The van der Waals surface area contributed by atoms with E-state index < -0.39 is 0 Å². The molecule has 1 aromatic rings. The van der Waals surface area contributed by atoms with Crippen LogP contribution in [0.1, 0.15) is 31.7 Å². The van der Waals surface area contributed by atoms with Crippen LogP contribution in [0.2, 0.25) is 0 Å². The number of benzene rings is 1. The number of rotatable bonds is 3. The van der Waals surface area contributed by atoms with Crippen molar-refractivity contribution < 1.29 is 14.3 Å². The summed E-state index contributed by atoms with van der Waals surface area (Å²) in [6, 6.07) is 5.74. The van der Waals surface area contributed by atoms with Crippen molar-refractivity contribution in [1.82, 2.24) is 4.90 Å². The standard InChI is InChI=1S/C18H24N2O3/c1-12(19)16-5-3-4-8-20(16)18(21)14-9-13-6-7-15(22-2)10-17(13)23-11-14/h6-7,9-10,12,16H,3-5,8,11,19H2,1-2H3/t12-,16+/m0/s1. The van der Waals surface area contributed by atoms with Crippen molar-refractivity contribution in [2.24, 2.45) is 5.73 Å². The highest BCUT2D eigenvalue weighted by atomic mass is 16.5. The summed E-state index contributed by atoms with van der Waals surface area (Å²) in [5.74, 6) is 1.55. The predicted molar refractivity (Wildman–Crippen MR) is 89.5 cm³/mol. The Bertz CT molecular complexity index is 625. The van der Waals surface area contributed by atoms with Gasteiger partial charge in [-0.05, 0) is 44.4 Å². The van der Waals surface area contributed by atoms with Crippen LogP contribution in [0, 0.1) is 0 Å². The van der Waals surface area contributed by atoms with Crippen molar-refractivity contribution in [2.75, 3.05) is 20.3 Å². The average Bonchev–Trinajstić information content (AvgIpc) is 2.60. The van der Waals surface area contributed by atoms with Crippen LogP contribution in [0.25, 0.3) is 6.08 Å². The van der Waals surface area contributed by atoms with Crippen LogP contribution < -0.4 is 15.2 Å². The number of nitrogens with two attached hydrogens (primary N) is 1. The van der Waals surface area contributed by atoms with Gasteiger partial charge in [-0.3, -0.25) is 4.79 Å². The van der Waals surface area contributed by atoms with Crippen LogP contribution in [0.5, 0.6) is 11.5 Å². The van der Waals surface area contributed by atoms with E-state index >= 15 is 0 Å². The van der Waals surface area contributed by atoms with Crippen LogP contribution in [-0.4, -0.2) is 43.2 Å². The van der Waals surface area contributed by atoms with Crippen LogP contribution >= 0.6 is 0 Å². The molecule has 1 saturated heterocycles. The van der Waals surface area contributed by atoms with E-state index in [9.17, 15) is 4.79 Å². The first kappa shape index (κ1) is 15.9. The normalized spacial score (nSPS) is 21.8. The Hall–Kier alpha value is -2.01. The van der Waals surface area contributed by atoms with E-state index in [0.29, 0.717) is 12.2 Å². The number of amides is 1. The van der Waals surface area contributed by atoms with Gasteiger partial charge in [0.25, 0.3) is 5.91 Å². The molecule has 0 saturated carbocycles. The maximum absolute atomic E-state index is 12.9. The third-order valence-electron chi connectivity index (χ3n) is 4.63. The Morgan fingerprint density at radius 2 is 2.26 bits per heavy atom. The number of methoxy groups -OCH3 is 1. The highest BCUT2D eigenvalue weighted by Gasteiger charge is 2.31. The van der Waals surface area contributed by atoms with Crippen molar-refractivity contribution in [3.63, 3.8) is 0 Å². The molecule has 2 N–H and O–H groups in total. The van der Waals surface area contributed by atoms with E-state index in [0.717, 1.165) is 42.9 Å². The number of likely N-dealkylation sites (tertiary alicyclic amines) is 1. The first-order valence-electron chi connectivity index (χ1n) is 8.18. The van der Waals surface area contributed by atoms with Gasteiger partial charge in [0.2, 0.25) is 0 Å². The first-order chi connectivity index (χ1) is 11.1. The molecule has 2 atom stereocenters. The fourth-order valence-electron chi connectivity index (χ4n) is 3.33. The summed E-state index contributed by atoms with van der Waals surface area (Å²) in [5.41, 5.74) is 7.68. The molecule has 0 aromatic heterocycles. The summed E-state index contributed by atoms with van der Waals surface area (Å²) in [6.07, 6.45) is 5.07. The van der Waals surface area contributed by atoms with Gasteiger partial charge in [-0.25, -0.2) is 0 Å². The lowest BCUT2D eigenvalue weighted by Gasteiger charge is -2.38. The topological polar surface area (TPSA) is 64.8 Å². The second kappa shape index (κ2) is 6.62. The summed E-state index contributed by atoms with van der Waals surface area (Å²) < 4.78 is 11.0. The number of nitrogens with zero attached hydrogens (tertiary/aromatic N) is 1. The lowest BCUT2D eigenvalue weighted by atomic mass is 9.95. The maximum Gasteiger partial charge on any atom is 0.253 e. The van der Waals surface area contributed by atoms with Crippen LogP contribution in [-0.2, 0) is 4.79 Å². The molecule has 0 aliphatic carbocycles. The molecule has 2 heterocycles. The molecule has 23 heavy (non-hydrogen) atoms. The summed E-state index contributed by atoms with van der Waals surface area (Å²) in [6.45, 7) is 3.04. The number of hydrogen-bond acceptors (Lipinski definition) is 4. The molecule has 1 amide bonds. The molecular formula is C18H24N2O3. The maximum atomic E-state index is 12.9. The Kier molecular flexibility index (Phi) is 4.57. The number of carbonyl (C=O) groups excluding carboxylic acids is 1. The molecular weight excluding hydrogens is 292 g/mol. The van der Waals surface area contributed by atoms with Crippen LogP contribution in [0.3, 0.4) is 0 Å². The zero-order valence-electron chi connectivity index (χ0n) is 13.7. The number of fused-ring (bicyclic) bond motifs is 1. The second-order valence-corrected chi connectivity index (χ2v) is 6.28. The number of hydrogen-bond donors (Lipinski definition) is 1. The Labute approximate surface area is 137 Å². The Morgan fingerprint density at radius 1 is 1.43 bits per heavy atom. The molecule has 1 fully saturated rings. The molecule has 0 bridgehead atoms. The molecule has 5 heteroatoms. The van der Waals surface area contributed by atoms with Gasteiger partial charge in [-0.2, -0.15) is 0 Å². The van der Waals surface area contributed by atoms with Gasteiger partial charge in [0.05, 0.1) is 12.7 Å². The van der Waals surface area contributed by atoms with E-state index in [1.165, 1.54) is 0 Å². The molecule has 1 aromatic carbocycles. The Morgan fingerprint density at radius 3 is 3.00 bits per heavy atom. The smallest absolute Gasteiger partial charge is 0.253 e. The molecule has 0 radical (unpaired) electrons. The van der Waals surface area contributed by atoms with Gasteiger partial charge >= 0.3 is 0 Å². The fraction of sp³-hybridized carbons (Fsp3) is 0.500. The van der Waals surface area contributed by atoms with E-state index in [1.807, 2.05) is 36.1 Å². The molecule has 5 nitrogen and oxygen atoms in total. The minimum Gasteiger partial charge on any atom is -0.497 e. The summed E-state index contributed by atoms with van der Waals surface area (Å²) in [5, 5.41) is 0. The third kappa shape index (κ3) is 3.20. The van der Waals surface area contributed by atoms with Crippen molar-refractivity contribution in [2.45, 2.75) is 38.3 Å². The number of piperidine rings is 1. The van der Waals surface area contributed by atoms with Gasteiger partial charge in [-0.15, -0.1) is 0 Å². The molecule has 0 spiro atoms. The van der Waals surface area contributed by atoms with Gasteiger partial charge in [0.15, 0.2) is 0 Å². The zero-order chi connectivity index (χ0) is 16.4. The minimum absolute atomic E-state index is 0.0130. The van der Waals surface area contributed by atoms with E-state index in [-0.39, 0.29) is 18.0 Å². The zero-order valence-corrected chi connectivity index (χ0v) is 13.7. The van der Waals surface area contributed by atoms with Crippen LogP contribution in [0.15, 0.2) is 23.8 Å². The van der Waals surface area contributed by atoms with Gasteiger partial charge in [0.1, 0.15) is 18.1 Å². The summed E-state index contributed by atoms with van der Waals surface area (Å²) >= 11 is 0. The predicted octanol–water partition coefficient (Wildman–Crippen LogP) is 2.20. The van der Waals surface area contributed by atoms with Crippen LogP contribution in [0.4, 0.5) is 0 Å². The van der Waals surface area contributed by atoms with Gasteiger partial charge in [-0.1, -0.05) is 0 Å². The van der Waals surface area contributed by atoms with Crippen molar-refractivity contribution in [3.05, 3.63) is 29.3 Å². The number of carbonyl (C=O) groups is 1. The van der Waals surface area contributed by atoms with Crippen molar-refractivity contribution in [3.8, 4) is 11.5 Å². The summed E-state index contributed by atoms with van der Waals surface area (Å²) in [4.78, 5) is 14.8. The van der Waals surface area contributed by atoms with E-state index in [1.54, 1.807) is 7.11 Å². The SMILES string of the molecule is COc1ccc2c(c1)OCC(C(=O)N1CCCC[C@@H]1[C@H](C)N)=C2. The molecule has 2 aliphatic rings. The highest BCUT2D eigenvalue weighted by Crippen LogP contribution is 2.31. The second-order valence-electron chi connectivity index (χ2n) is 6.28. The average molecular weight is 316 g/mol. The fourth-order valence-corrected chi connectivity index (χ4v) is 3.33. The third-order valence-corrected chi connectivity index (χ3v) is 4.63. The number of ether oxygens (including phenoxy) is 2. The quantitative estimate of drug-likeness (QED) is 0.928. The highest BCUT2D eigenvalue weighted by molar-refractivity contribution is 5.99. The van der Waals surface area contributed by atoms with Gasteiger partial charge < -0.3 is 20.1 Å². The van der Waals surface area contributed by atoms with Crippen molar-refractivity contribution in [1.29, 1.82) is 0 Å². The lowest BCUT2D eigenvalue weighted by molar-refractivity contribution is -0.131. The molecule has 3 rings (SSSR count). The first-order valence-corrected chi connectivity index (χ1v) is 8.18. The van der Waals surface area contributed by atoms with Gasteiger partial charge in [0, 0.05) is 30.3 Å². The molecule has 2 aliphatic heterocycles. The summed E-state index contributed by atoms with van der Waals surface area (Å²) in [7, 11) is 1.62. The van der Waals surface area contributed by atoms with Crippen molar-refractivity contribution >= 4 is 12.0 Å². The monoisotopic (exact) mass is 316 g/mol. The molecule has 124 valence electrons. The van der Waals surface area contributed by atoms with E-state index in [4.69, 9.17) is 15.2 Å².